The van der Waals surface area contributed by atoms with Gasteiger partial charge in [0.15, 0.2) is 5.82 Å². The lowest BCUT2D eigenvalue weighted by Gasteiger charge is -1.99. The summed E-state index contributed by atoms with van der Waals surface area (Å²) >= 11 is 0. The molecule has 0 aliphatic rings. The molecule has 0 aliphatic carbocycles. The quantitative estimate of drug-likeness (QED) is 0.749. The van der Waals surface area contributed by atoms with Crippen molar-refractivity contribution in [2.75, 3.05) is 5.32 Å². The second-order valence-corrected chi connectivity index (χ2v) is 4.95. The molecule has 0 bridgehead atoms. The first-order chi connectivity index (χ1) is 9.54. The van der Waals surface area contributed by atoms with Gasteiger partial charge in [-0.2, -0.15) is 0 Å². The number of hydrogen-bond donors (Lipinski definition) is 2. The highest BCUT2D eigenvalue weighted by atomic mass is 16.5. The Kier molecular flexibility index (Phi) is 2.82. The van der Waals surface area contributed by atoms with Gasteiger partial charge in [-0.05, 0) is 38.0 Å². The number of carbonyl (C=O) groups excluding carboxylic acids is 1. The maximum atomic E-state index is 12.3. The Morgan fingerprint density at radius 2 is 2.05 bits per heavy atom. The van der Waals surface area contributed by atoms with Gasteiger partial charge >= 0.3 is 0 Å². The van der Waals surface area contributed by atoms with Crippen LogP contribution >= 0.6 is 0 Å². The highest BCUT2D eigenvalue weighted by Crippen LogP contribution is 2.23. The summed E-state index contributed by atoms with van der Waals surface area (Å²) in [4.78, 5) is 15.4. The van der Waals surface area contributed by atoms with Gasteiger partial charge in [-0.3, -0.25) is 4.79 Å². The second kappa shape index (κ2) is 4.52. The molecule has 0 fully saturated rings. The normalized spacial score (nSPS) is 10.9. The predicted molar refractivity (Wildman–Crippen MR) is 77.0 cm³/mol. The zero-order chi connectivity index (χ0) is 14.3. The van der Waals surface area contributed by atoms with Gasteiger partial charge in [-0.1, -0.05) is 17.3 Å². The molecule has 0 aliphatic heterocycles. The molecule has 1 aromatic carbocycles. The van der Waals surface area contributed by atoms with Crippen molar-refractivity contribution >= 4 is 22.6 Å². The predicted octanol–water partition coefficient (Wildman–Crippen LogP) is 3.33. The lowest BCUT2D eigenvalue weighted by Crippen LogP contribution is -2.13. The molecule has 3 aromatic rings. The molecule has 0 saturated heterocycles. The van der Waals surface area contributed by atoms with Crippen LogP contribution in [0.2, 0.25) is 0 Å². The highest BCUT2D eigenvalue weighted by molar-refractivity contribution is 6.07. The highest BCUT2D eigenvalue weighted by Gasteiger charge is 2.16. The number of rotatable bonds is 2. The molecule has 1 amide bonds. The number of aromatic amines is 1. The van der Waals surface area contributed by atoms with E-state index in [1.165, 1.54) is 0 Å². The number of nitrogens with one attached hydrogen (secondary N) is 2. The van der Waals surface area contributed by atoms with Crippen LogP contribution in [0.15, 0.2) is 28.8 Å². The van der Waals surface area contributed by atoms with Crippen molar-refractivity contribution in [1.82, 2.24) is 10.1 Å². The summed E-state index contributed by atoms with van der Waals surface area (Å²) in [5.74, 6) is 0.857. The van der Waals surface area contributed by atoms with Gasteiger partial charge in [0, 0.05) is 17.0 Å². The molecule has 2 aromatic heterocycles. The van der Waals surface area contributed by atoms with E-state index in [0.29, 0.717) is 17.3 Å². The first-order valence-corrected chi connectivity index (χ1v) is 6.38. The number of aryl methyl sites for hydroxylation is 3. The summed E-state index contributed by atoms with van der Waals surface area (Å²) in [5, 5.41) is 7.53. The lowest BCUT2D eigenvalue weighted by molar-refractivity contribution is 0.102. The molecule has 2 heterocycles. The third-order valence-corrected chi connectivity index (χ3v) is 3.31. The SMILES string of the molecule is Cc1ccc2c(C)c(C(=O)Nc3cc(C)on3)[nH]c2c1. The molecule has 2 N–H and O–H groups in total. The molecule has 0 spiro atoms. The molecular weight excluding hydrogens is 254 g/mol. The van der Waals surface area contributed by atoms with E-state index in [2.05, 4.69) is 15.5 Å². The van der Waals surface area contributed by atoms with Crippen LogP contribution in [0.3, 0.4) is 0 Å². The zero-order valence-electron chi connectivity index (χ0n) is 11.6. The molecule has 0 atom stereocenters. The van der Waals surface area contributed by atoms with E-state index < -0.39 is 0 Å². The molecule has 5 heteroatoms. The van der Waals surface area contributed by atoms with Crippen molar-refractivity contribution in [3.05, 3.63) is 46.8 Å². The van der Waals surface area contributed by atoms with Crippen LogP contribution < -0.4 is 5.32 Å². The van der Waals surface area contributed by atoms with Gasteiger partial charge in [0.1, 0.15) is 11.5 Å². The minimum atomic E-state index is -0.218. The van der Waals surface area contributed by atoms with E-state index in [4.69, 9.17) is 4.52 Å². The first-order valence-electron chi connectivity index (χ1n) is 6.38. The molecule has 0 radical (unpaired) electrons. The summed E-state index contributed by atoms with van der Waals surface area (Å²) in [5.41, 5.74) is 3.59. The maximum Gasteiger partial charge on any atom is 0.273 e. The van der Waals surface area contributed by atoms with Crippen LogP contribution in [-0.2, 0) is 0 Å². The van der Waals surface area contributed by atoms with E-state index in [-0.39, 0.29) is 5.91 Å². The fraction of sp³-hybridized carbons (Fsp3) is 0.200. The summed E-state index contributed by atoms with van der Waals surface area (Å²) in [6.07, 6.45) is 0. The number of anilines is 1. The van der Waals surface area contributed by atoms with Crippen LogP contribution in [0.1, 0.15) is 27.4 Å². The standard InChI is InChI=1S/C15H15N3O2/c1-8-4-5-11-10(3)14(16-12(11)6-8)15(19)17-13-7-9(2)20-18-13/h4-7,16H,1-3H3,(H,17,18,19). The number of amides is 1. The Labute approximate surface area is 116 Å². The summed E-state index contributed by atoms with van der Waals surface area (Å²) < 4.78 is 4.93. The van der Waals surface area contributed by atoms with Crippen molar-refractivity contribution in [3.63, 3.8) is 0 Å². The molecule has 5 nitrogen and oxygen atoms in total. The van der Waals surface area contributed by atoms with Crippen molar-refractivity contribution in [2.24, 2.45) is 0 Å². The van der Waals surface area contributed by atoms with Gasteiger partial charge in [0.25, 0.3) is 5.91 Å². The average molecular weight is 269 g/mol. The smallest absolute Gasteiger partial charge is 0.273 e. The molecular formula is C15H15N3O2. The number of carbonyl (C=O) groups is 1. The fourth-order valence-electron chi connectivity index (χ4n) is 2.28. The minimum Gasteiger partial charge on any atom is -0.360 e. The van der Waals surface area contributed by atoms with Crippen LogP contribution in [0, 0.1) is 20.8 Å². The van der Waals surface area contributed by atoms with Gasteiger partial charge < -0.3 is 14.8 Å². The maximum absolute atomic E-state index is 12.3. The van der Waals surface area contributed by atoms with Crippen LogP contribution in [0.25, 0.3) is 10.9 Å². The Morgan fingerprint density at radius 3 is 2.75 bits per heavy atom. The van der Waals surface area contributed by atoms with E-state index in [1.54, 1.807) is 13.0 Å². The monoisotopic (exact) mass is 269 g/mol. The number of hydrogen-bond acceptors (Lipinski definition) is 3. The van der Waals surface area contributed by atoms with Gasteiger partial charge in [0.05, 0.1) is 0 Å². The van der Waals surface area contributed by atoms with Crippen molar-refractivity contribution in [1.29, 1.82) is 0 Å². The number of fused-ring (bicyclic) bond motifs is 1. The Hall–Kier alpha value is -2.56. The second-order valence-electron chi connectivity index (χ2n) is 4.95. The fourth-order valence-corrected chi connectivity index (χ4v) is 2.28. The van der Waals surface area contributed by atoms with E-state index >= 15 is 0 Å². The van der Waals surface area contributed by atoms with Crippen LogP contribution in [0.4, 0.5) is 5.82 Å². The number of benzene rings is 1. The number of aromatic nitrogens is 2. The van der Waals surface area contributed by atoms with Crippen molar-refractivity contribution in [2.45, 2.75) is 20.8 Å². The minimum absolute atomic E-state index is 0.218. The van der Waals surface area contributed by atoms with Crippen molar-refractivity contribution < 1.29 is 9.32 Å². The summed E-state index contributed by atoms with van der Waals surface area (Å²) in [7, 11) is 0. The molecule has 0 unspecified atom stereocenters. The Morgan fingerprint density at radius 1 is 1.25 bits per heavy atom. The van der Waals surface area contributed by atoms with E-state index in [0.717, 1.165) is 22.0 Å². The molecule has 20 heavy (non-hydrogen) atoms. The summed E-state index contributed by atoms with van der Waals surface area (Å²) in [6.45, 7) is 5.73. The third kappa shape index (κ3) is 2.07. The van der Waals surface area contributed by atoms with Crippen LogP contribution in [0.5, 0.6) is 0 Å². The lowest BCUT2D eigenvalue weighted by atomic mass is 10.1. The van der Waals surface area contributed by atoms with E-state index in [1.807, 2.05) is 32.0 Å². The van der Waals surface area contributed by atoms with E-state index in [9.17, 15) is 4.79 Å². The van der Waals surface area contributed by atoms with Gasteiger partial charge in [0.2, 0.25) is 0 Å². The average Bonchev–Trinajstić information content (AvgIpc) is 2.94. The first kappa shape index (κ1) is 12.5. The topological polar surface area (TPSA) is 70.9 Å². The number of H-pyrrole nitrogens is 1. The van der Waals surface area contributed by atoms with Gasteiger partial charge in [-0.15, -0.1) is 0 Å². The number of nitrogens with zero attached hydrogens (tertiary/aromatic N) is 1. The molecule has 102 valence electrons. The zero-order valence-corrected chi connectivity index (χ0v) is 11.6. The largest absolute Gasteiger partial charge is 0.360 e. The van der Waals surface area contributed by atoms with Gasteiger partial charge in [-0.25, -0.2) is 0 Å². The molecule has 0 saturated carbocycles. The van der Waals surface area contributed by atoms with Crippen molar-refractivity contribution in [3.8, 4) is 0 Å². The molecule has 3 rings (SSSR count). The Bertz CT molecular complexity index is 799. The Balaban J connectivity index is 1.97. The summed E-state index contributed by atoms with van der Waals surface area (Å²) in [6, 6.07) is 7.76. The van der Waals surface area contributed by atoms with Crippen LogP contribution in [-0.4, -0.2) is 16.0 Å². The third-order valence-electron chi connectivity index (χ3n) is 3.31.